The summed E-state index contributed by atoms with van der Waals surface area (Å²) in [6.07, 6.45) is 0. The molecule has 0 fully saturated rings. The Morgan fingerprint density at radius 3 is 2.70 bits per heavy atom. The highest BCUT2D eigenvalue weighted by Crippen LogP contribution is 2.29. The third-order valence-electron chi connectivity index (χ3n) is 3.69. The number of carbonyl (C=O) groups is 1. The van der Waals surface area contributed by atoms with Crippen LogP contribution in [0.1, 0.15) is 11.1 Å². The quantitative estimate of drug-likeness (QED) is 0.466. The highest BCUT2D eigenvalue weighted by atomic mass is 35.5. The first-order valence-electron chi connectivity index (χ1n) is 7.96. The predicted molar refractivity (Wildman–Crippen MR) is 115 cm³/mol. The molecule has 0 aliphatic rings. The molecule has 2 N–H and O–H groups in total. The smallest absolute Gasteiger partial charge is 0.234 e. The Morgan fingerprint density at radius 1 is 1.11 bits per heavy atom. The number of amides is 1. The average molecular weight is 439 g/mol. The summed E-state index contributed by atoms with van der Waals surface area (Å²) in [6, 6.07) is 11.0. The molecule has 0 radical (unpaired) electrons. The van der Waals surface area contributed by atoms with E-state index < -0.39 is 0 Å². The van der Waals surface area contributed by atoms with Gasteiger partial charge in [-0.05, 0) is 55.3 Å². The zero-order valence-electron chi connectivity index (χ0n) is 14.5. The van der Waals surface area contributed by atoms with Gasteiger partial charge in [0.15, 0.2) is 4.34 Å². The van der Waals surface area contributed by atoms with E-state index in [1.54, 1.807) is 18.2 Å². The minimum absolute atomic E-state index is 0.192. The molecule has 0 unspecified atom stereocenters. The molecule has 1 aromatic heterocycles. The van der Waals surface area contributed by atoms with Crippen molar-refractivity contribution >= 4 is 68.7 Å². The van der Waals surface area contributed by atoms with Gasteiger partial charge in [0, 0.05) is 10.7 Å². The third kappa shape index (κ3) is 5.59. The molecule has 2 aromatic carbocycles. The molecule has 0 saturated carbocycles. The van der Waals surface area contributed by atoms with E-state index in [1.165, 1.54) is 34.2 Å². The molecule has 3 rings (SSSR count). The van der Waals surface area contributed by atoms with E-state index in [-0.39, 0.29) is 11.7 Å². The number of anilines is 3. The molecule has 0 spiro atoms. The van der Waals surface area contributed by atoms with Crippen molar-refractivity contribution in [3.8, 4) is 0 Å². The number of rotatable bonds is 6. The largest absolute Gasteiger partial charge is 0.330 e. The molecule has 9 heteroatoms. The number of hydrogen-bond donors (Lipinski definition) is 2. The summed E-state index contributed by atoms with van der Waals surface area (Å²) in [7, 11) is 0. The van der Waals surface area contributed by atoms with Crippen molar-refractivity contribution < 1.29 is 4.79 Å². The van der Waals surface area contributed by atoms with Crippen LogP contribution in [-0.4, -0.2) is 21.9 Å². The highest BCUT2D eigenvalue weighted by molar-refractivity contribution is 8.01. The van der Waals surface area contributed by atoms with Gasteiger partial charge in [-0.3, -0.25) is 4.79 Å². The number of aromatic nitrogens is 2. The number of halogens is 2. The Hall–Kier alpha value is -1.80. The van der Waals surface area contributed by atoms with Crippen molar-refractivity contribution in [2.24, 2.45) is 0 Å². The first kappa shape index (κ1) is 19.9. The lowest BCUT2D eigenvalue weighted by Crippen LogP contribution is -2.14. The van der Waals surface area contributed by atoms with Crippen molar-refractivity contribution in [1.82, 2.24) is 10.2 Å². The standard InChI is InChI=1S/C18H16Cl2N4OS2/c1-10-3-5-13(7-11(10)2)21-17-23-24-18(27-17)26-9-16(25)22-15-8-12(19)4-6-14(15)20/h3-8H,9H2,1-2H3,(H,21,23)(H,22,25). The maximum atomic E-state index is 12.1. The first-order chi connectivity index (χ1) is 12.9. The SMILES string of the molecule is Cc1ccc(Nc2nnc(SCC(=O)Nc3cc(Cl)ccc3Cl)s2)cc1C. The normalized spacial score (nSPS) is 10.7. The van der Waals surface area contributed by atoms with Crippen molar-refractivity contribution in [3.63, 3.8) is 0 Å². The predicted octanol–water partition coefficient (Wildman–Crippen LogP) is 5.94. The Bertz CT molecular complexity index is 978. The van der Waals surface area contributed by atoms with Crippen LogP contribution < -0.4 is 10.6 Å². The van der Waals surface area contributed by atoms with E-state index in [0.717, 1.165) is 5.69 Å². The minimum atomic E-state index is -0.192. The monoisotopic (exact) mass is 438 g/mol. The molecule has 27 heavy (non-hydrogen) atoms. The number of benzene rings is 2. The molecular weight excluding hydrogens is 423 g/mol. The number of aryl methyl sites for hydroxylation is 2. The lowest BCUT2D eigenvalue weighted by molar-refractivity contribution is -0.113. The van der Waals surface area contributed by atoms with E-state index in [9.17, 15) is 4.79 Å². The maximum absolute atomic E-state index is 12.1. The van der Waals surface area contributed by atoms with Gasteiger partial charge >= 0.3 is 0 Å². The van der Waals surface area contributed by atoms with Crippen LogP contribution in [0.3, 0.4) is 0 Å². The fourth-order valence-corrected chi connectivity index (χ4v) is 4.08. The highest BCUT2D eigenvalue weighted by Gasteiger charge is 2.11. The Labute approximate surface area is 175 Å². The molecule has 3 aromatic rings. The van der Waals surface area contributed by atoms with Gasteiger partial charge in [-0.1, -0.05) is 52.4 Å². The van der Waals surface area contributed by atoms with Gasteiger partial charge in [0.25, 0.3) is 0 Å². The van der Waals surface area contributed by atoms with Crippen molar-refractivity contribution in [1.29, 1.82) is 0 Å². The fraction of sp³-hybridized carbons (Fsp3) is 0.167. The second-order valence-corrected chi connectivity index (χ2v) is 8.80. The molecule has 1 heterocycles. The van der Waals surface area contributed by atoms with E-state index in [2.05, 4.69) is 46.8 Å². The molecule has 0 aliphatic carbocycles. The second-order valence-electron chi connectivity index (χ2n) is 5.76. The number of hydrogen-bond acceptors (Lipinski definition) is 6. The summed E-state index contributed by atoms with van der Waals surface area (Å²) in [5, 5.41) is 15.8. The summed E-state index contributed by atoms with van der Waals surface area (Å²) >= 11 is 14.7. The molecule has 140 valence electrons. The van der Waals surface area contributed by atoms with Gasteiger partial charge in [0.05, 0.1) is 16.5 Å². The van der Waals surface area contributed by atoms with E-state index in [0.29, 0.717) is 25.2 Å². The lowest BCUT2D eigenvalue weighted by atomic mass is 10.1. The zero-order chi connectivity index (χ0) is 19.4. The molecule has 0 saturated heterocycles. The van der Waals surface area contributed by atoms with Crippen LogP contribution >= 0.6 is 46.3 Å². The minimum Gasteiger partial charge on any atom is -0.330 e. The number of nitrogens with zero attached hydrogens (tertiary/aromatic N) is 2. The molecule has 5 nitrogen and oxygen atoms in total. The third-order valence-corrected chi connectivity index (χ3v) is 6.23. The van der Waals surface area contributed by atoms with Crippen LogP contribution in [-0.2, 0) is 4.79 Å². The molecular formula is C18H16Cl2N4OS2. The maximum Gasteiger partial charge on any atom is 0.234 e. The second kappa shape index (κ2) is 8.93. The summed E-state index contributed by atoms with van der Waals surface area (Å²) < 4.78 is 0.702. The number of nitrogens with one attached hydrogen (secondary N) is 2. The Kier molecular flexibility index (Phi) is 6.59. The van der Waals surface area contributed by atoms with Gasteiger partial charge in [-0.25, -0.2) is 0 Å². The van der Waals surface area contributed by atoms with Crippen LogP contribution in [0.15, 0.2) is 40.7 Å². The van der Waals surface area contributed by atoms with Gasteiger partial charge < -0.3 is 10.6 Å². The van der Waals surface area contributed by atoms with Crippen LogP contribution in [0.4, 0.5) is 16.5 Å². The van der Waals surface area contributed by atoms with Crippen molar-refractivity contribution in [2.45, 2.75) is 18.2 Å². The average Bonchev–Trinajstić information content (AvgIpc) is 3.07. The van der Waals surface area contributed by atoms with Gasteiger partial charge in [0.2, 0.25) is 11.0 Å². The summed E-state index contributed by atoms with van der Waals surface area (Å²) in [5.74, 6) is 0.00392. The molecule has 0 atom stereocenters. The van der Waals surface area contributed by atoms with Gasteiger partial charge in [-0.15, -0.1) is 10.2 Å². The molecule has 0 aliphatic heterocycles. The van der Waals surface area contributed by atoms with Crippen molar-refractivity contribution in [3.05, 3.63) is 57.6 Å². The summed E-state index contributed by atoms with van der Waals surface area (Å²) in [5.41, 5.74) is 3.89. The molecule has 0 bridgehead atoms. The number of thioether (sulfide) groups is 1. The zero-order valence-corrected chi connectivity index (χ0v) is 17.7. The Balaban J connectivity index is 1.55. The first-order valence-corrected chi connectivity index (χ1v) is 10.5. The van der Waals surface area contributed by atoms with Gasteiger partial charge in [-0.2, -0.15) is 0 Å². The van der Waals surface area contributed by atoms with Gasteiger partial charge in [0.1, 0.15) is 0 Å². The number of carbonyl (C=O) groups excluding carboxylic acids is 1. The van der Waals surface area contributed by atoms with Crippen molar-refractivity contribution in [2.75, 3.05) is 16.4 Å². The lowest BCUT2D eigenvalue weighted by Gasteiger charge is -2.06. The van der Waals surface area contributed by atoms with E-state index in [1.807, 2.05) is 6.07 Å². The van der Waals surface area contributed by atoms with Crippen LogP contribution in [0.2, 0.25) is 10.0 Å². The topological polar surface area (TPSA) is 66.9 Å². The van der Waals surface area contributed by atoms with Crippen LogP contribution in [0, 0.1) is 13.8 Å². The summed E-state index contributed by atoms with van der Waals surface area (Å²) in [6.45, 7) is 4.13. The Morgan fingerprint density at radius 2 is 1.93 bits per heavy atom. The van der Waals surface area contributed by atoms with E-state index in [4.69, 9.17) is 23.2 Å². The van der Waals surface area contributed by atoms with Crippen LogP contribution in [0.5, 0.6) is 0 Å². The fourth-order valence-electron chi connectivity index (χ4n) is 2.17. The molecule has 1 amide bonds. The summed E-state index contributed by atoms with van der Waals surface area (Å²) in [4.78, 5) is 12.1. The van der Waals surface area contributed by atoms with E-state index >= 15 is 0 Å². The van der Waals surface area contributed by atoms with Crippen LogP contribution in [0.25, 0.3) is 0 Å².